The third-order valence-electron chi connectivity index (χ3n) is 1.90. The molecule has 0 aromatic rings. The van der Waals surface area contributed by atoms with Crippen LogP contribution >= 0.6 is 11.8 Å². The van der Waals surface area contributed by atoms with Crippen molar-refractivity contribution in [2.45, 2.75) is 25.1 Å². The molecule has 0 aromatic heterocycles. The third kappa shape index (κ3) is 1.13. The van der Waals surface area contributed by atoms with Crippen molar-refractivity contribution >= 4 is 23.3 Å². The van der Waals surface area contributed by atoms with Crippen molar-refractivity contribution in [3.8, 4) is 0 Å². The van der Waals surface area contributed by atoms with Gasteiger partial charge < -0.3 is 0 Å². The summed E-state index contributed by atoms with van der Waals surface area (Å²) in [5, 5.41) is 2.61. The number of fused-ring (bicyclic) bond motifs is 1. The Bertz CT molecular complexity index is 265. The third-order valence-corrected chi connectivity index (χ3v) is 3.12. The van der Waals surface area contributed by atoms with E-state index in [1.165, 1.54) is 5.71 Å². The Morgan fingerprint density at radius 2 is 2.27 bits per heavy atom. The maximum absolute atomic E-state index is 4.42. The standard InChI is InChI=1S/C8H10N2S/c1-5-8-7(3-4-11-8)10-6(2)9-5/h3-4,7-8H,1-2H3. The van der Waals surface area contributed by atoms with Gasteiger partial charge in [-0.1, -0.05) is 6.08 Å². The molecular weight excluding hydrogens is 156 g/mol. The minimum atomic E-state index is 0.359. The van der Waals surface area contributed by atoms with Crippen LogP contribution in [0.25, 0.3) is 0 Å². The van der Waals surface area contributed by atoms with Gasteiger partial charge in [0.2, 0.25) is 0 Å². The van der Waals surface area contributed by atoms with Gasteiger partial charge in [-0.25, -0.2) is 4.99 Å². The highest BCUT2D eigenvalue weighted by molar-refractivity contribution is 8.03. The largest absolute Gasteiger partial charge is 0.262 e. The number of thioether (sulfide) groups is 1. The molecule has 2 heterocycles. The van der Waals surface area contributed by atoms with E-state index in [9.17, 15) is 0 Å². The van der Waals surface area contributed by atoms with E-state index in [4.69, 9.17) is 0 Å². The van der Waals surface area contributed by atoms with E-state index in [1.54, 1.807) is 0 Å². The molecule has 2 atom stereocenters. The molecular formula is C8H10N2S. The topological polar surface area (TPSA) is 24.7 Å². The van der Waals surface area contributed by atoms with Crippen molar-refractivity contribution in [2.75, 3.05) is 0 Å². The molecule has 0 aromatic carbocycles. The van der Waals surface area contributed by atoms with Crippen LogP contribution in [0.2, 0.25) is 0 Å². The summed E-state index contributed by atoms with van der Waals surface area (Å²) in [7, 11) is 0. The summed E-state index contributed by atoms with van der Waals surface area (Å²) in [4.78, 5) is 8.75. The molecule has 0 N–H and O–H groups in total. The van der Waals surface area contributed by atoms with E-state index in [0.717, 1.165) is 5.84 Å². The van der Waals surface area contributed by atoms with Crippen LogP contribution in [0.3, 0.4) is 0 Å². The molecule has 11 heavy (non-hydrogen) atoms. The molecule has 0 bridgehead atoms. The fraction of sp³-hybridized carbons (Fsp3) is 0.500. The van der Waals surface area contributed by atoms with Crippen molar-refractivity contribution in [1.29, 1.82) is 0 Å². The van der Waals surface area contributed by atoms with E-state index in [-0.39, 0.29) is 0 Å². The molecule has 0 spiro atoms. The second-order valence-electron chi connectivity index (χ2n) is 2.81. The SMILES string of the molecule is CC1=NC2C=CSC2C(C)=N1. The monoisotopic (exact) mass is 166 g/mol. The number of aliphatic imine (C=N–C) groups is 2. The van der Waals surface area contributed by atoms with Crippen molar-refractivity contribution in [1.82, 2.24) is 0 Å². The average Bonchev–Trinajstić information content (AvgIpc) is 2.34. The molecule has 3 heteroatoms. The van der Waals surface area contributed by atoms with Crippen LogP contribution in [0.1, 0.15) is 13.8 Å². The summed E-state index contributed by atoms with van der Waals surface area (Å²) in [6.07, 6.45) is 2.15. The zero-order valence-corrected chi connectivity index (χ0v) is 7.43. The van der Waals surface area contributed by atoms with Crippen molar-refractivity contribution < 1.29 is 0 Å². The summed E-state index contributed by atoms with van der Waals surface area (Å²) in [6.45, 7) is 4.03. The molecule has 58 valence electrons. The van der Waals surface area contributed by atoms with Gasteiger partial charge in [-0.15, -0.1) is 11.8 Å². The first-order valence-corrected chi connectivity index (χ1v) is 4.63. The molecule has 0 radical (unpaired) electrons. The van der Waals surface area contributed by atoms with Gasteiger partial charge in [0.05, 0.1) is 11.3 Å². The number of hydrogen-bond acceptors (Lipinski definition) is 3. The van der Waals surface area contributed by atoms with Crippen LogP contribution in [0.4, 0.5) is 0 Å². The number of amidine groups is 1. The Labute approximate surface area is 70.5 Å². The number of hydrogen-bond donors (Lipinski definition) is 0. The summed E-state index contributed by atoms with van der Waals surface area (Å²) in [5.74, 6) is 0.913. The van der Waals surface area contributed by atoms with Gasteiger partial charge in [-0.05, 0) is 19.3 Å². The highest BCUT2D eigenvalue weighted by Crippen LogP contribution is 2.30. The van der Waals surface area contributed by atoms with E-state index in [0.29, 0.717) is 11.3 Å². The highest BCUT2D eigenvalue weighted by atomic mass is 32.2. The Balaban J connectivity index is 2.33. The smallest absolute Gasteiger partial charge is 0.120 e. The molecule has 2 aliphatic heterocycles. The Morgan fingerprint density at radius 1 is 1.45 bits per heavy atom. The van der Waals surface area contributed by atoms with Crippen molar-refractivity contribution in [3.63, 3.8) is 0 Å². The maximum Gasteiger partial charge on any atom is 0.120 e. The molecule has 0 saturated heterocycles. The Morgan fingerprint density at radius 3 is 3.09 bits per heavy atom. The second kappa shape index (κ2) is 2.48. The zero-order valence-electron chi connectivity index (χ0n) is 6.61. The predicted octanol–water partition coefficient (Wildman–Crippen LogP) is 1.88. The van der Waals surface area contributed by atoms with Gasteiger partial charge in [-0.3, -0.25) is 4.99 Å². The van der Waals surface area contributed by atoms with Crippen LogP contribution in [0.5, 0.6) is 0 Å². The molecule has 0 fully saturated rings. The fourth-order valence-electron chi connectivity index (χ4n) is 1.41. The van der Waals surface area contributed by atoms with Crippen LogP contribution in [-0.4, -0.2) is 22.8 Å². The molecule has 0 aliphatic carbocycles. The summed E-state index contributed by atoms with van der Waals surface area (Å²) < 4.78 is 0. The number of nitrogens with zero attached hydrogens (tertiary/aromatic N) is 2. The van der Waals surface area contributed by atoms with Gasteiger partial charge in [0.15, 0.2) is 0 Å². The van der Waals surface area contributed by atoms with Crippen molar-refractivity contribution in [3.05, 3.63) is 11.5 Å². The predicted molar refractivity (Wildman–Crippen MR) is 50.5 cm³/mol. The maximum atomic E-state index is 4.42. The molecule has 2 unspecified atom stereocenters. The van der Waals surface area contributed by atoms with Gasteiger partial charge in [-0.2, -0.15) is 0 Å². The molecule has 0 amide bonds. The van der Waals surface area contributed by atoms with Crippen LogP contribution in [0, 0.1) is 0 Å². The van der Waals surface area contributed by atoms with E-state index >= 15 is 0 Å². The molecule has 2 rings (SSSR count). The Hall–Kier alpha value is -0.570. The molecule has 2 nitrogen and oxygen atoms in total. The summed E-state index contributed by atoms with van der Waals surface area (Å²) in [6, 6.07) is 0.359. The zero-order chi connectivity index (χ0) is 7.84. The Kier molecular flexibility index (Phi) is 1.60. The lowest BCUT2D eigenvalue weighted by Gasteiger charge is -2.19. The van der Waals surface area contributed by atoms with Crippen molar-refractivity contribution in [2.24, 2.45) is 9.98 Å². The number of rotatable bonds is 0. The van der Waals surface area contributed by atoms with Crippen LogP contribution < -0.4 is 0 Å². The van der Waals surface area contributed by atoms with Gasteiger partial charge in [0.25, 0.3) is 0 Å². The first-order chi connectivity index (χ1) is 5.27. The molecule has 0 saturated carbocycles. The minimum absolute atomic E-state index is 0.359. The first kappa shape index (κ1) is 7.10. The van der Waals surface area contributed by atoms with Crippen LogP contribution in [0.15, 0.2) is 21.5 Å². The lowest BCUT2D eigenvalue weighted by molar-refractivity contribution is 0.868. The summed E-state index contributed by atoms with van der Waals surface area (Å²) in [5.41, 5.74) is 1.21. The average molecular weight is 166 g/mol. The van der Waals surface area contributed by atoms with Crippen LogP contribution in [-0.2, 0) is 0 Å². The van der Waals surface area contributed by atoms with Gasteiger partial charge in [0, 0.05) is 5.71 Å². The minimum Gasteiger partial charge on any atom is -0.262 e. The van der Waals surface area contributed by atoms with E-state index in [2.05, 4.69) is 28.4 Å². The van der Waals surface area contributed by atoms with Gasteiger partial charge in [0.1, 0.15) is 5.84 Å². The second-order valence-corrected chi connectivity index (χ2v) is 3.86. The summed E-state index contributed by atoms with van der Waals surface area (Å²) >= 11 is 1.82. The lowest BCUT2D eigenvalue weighted by atomic mass is 10.1. The quantitative estimate of drug-likeness (QED) is 0.539. The van der Waals surface area contributed by atoms with E-state index in [1.807, 2.05) is 18.7 Å². The van der Waals surface area contributed by atoms with E-state index < -0.39 is 0 Å². The van der Waals surface area contributed by atoms with Gasteiger partial charge >= 0.3 is 0 Å². The lowest BCUT2D eigenvalue weighted by Crippen LogP contribution is -2.28. The molecule has 2 aliphatic rings. The first-order valence-electron chi connectivity index (χ1n) is 3.69. The normalized spacial score (nSPS) is 34.7. The highest BCUT2D eigenvalue weighted by Gasteiger charge is 2.28. The fourth-order valence-corrected chi connectivity index (χ4v) is 2.39.